The number of nitro benzene ring substituents is 1. The molecule has 9 heteroatoms. The fraction of sp³-hybridized carbons (Fsp3) is 0.364. The Balaban J connectivity index is 1.58. The Kier molecular flexibility index (Phi) is 7.55. The number of carbonyl (C=O) groups excluding carboxylic acids is 2. The first-order valence-corrected chi connectivity index (χ1v) is 10.0. The maximum atomic E-state index is 12.4. The van der Waals surface area contributed by atoms with Gasteiger partial charge in [-0.2, -0.15) is 0 Å². The number of benzene rings is 2. The zero-order chi connectivity index (χ0) is 22.2. The van der Waals surface area contributed by atoms with Crippen LogP contribution in [0.1, 0.15) is 34.8 Å². The summed E-state index contributed by atoms with van der Waals surface area (Å²) in [6.07, 6.45) is 2.07. The Hall–Kier alpha value is -3.46. The molecular weight excluding hydrogens is 402 g/mol. The van der Waals surface area contributed by atoms with E-state index in [1.165, 1.54) is 19.2 Å². The summed E-state index contributed by atoms with van der Waals surface area (Å²) in [4.78, 5) is 35.4. The number of esters is 1. The molecule has 2 aromatic carbocycles. The van der Waals surface area contributed by atoms with Gasteiger partial charge in [-0.15, -0.1) is 0 Å². The SMILES string of the molecule is COCCNc1ccc(C(=O)OCC(=O)NC(c2ccccc2)C2CC2)cc1[N+](=O)[O-]. The van der Waals surface area contributed by atoms with Crippen molar-refractivity contribution in [2.24, 2.45) is 5.92 Å². The molecule has 0 radical (unpaired) electrons. The number of nitrogens with zero attached hydrogens (tertiary/aromatic N) is 1. The number of carbonyl (C=O) groups is 2. The summed E-state index contributed by atoms with van der Waals surface area (Å²) in [5.74, 6) is -0.839. The number of nitrogens with one attached hydrogen (secondary N) is 2. The van der Waals surface area contributed by atoms with Crippen molar-refractivity contribution in [3.05, 3.63) is 69.8 Å². The van der Waals surface area contributed by atoms with Gasteiger partial charge in [-0.25, -0.2) is 4.79 Å². The van der Waals surface area contributed by atoms with Crippen LogP contribution in [0.4, 0.5) is 11.4 Å². The van der Waals surface area contributed by atoms with Crippen LogP contribution in [0.2, 0.25) is 0 Å². The summed E-state index contributed by atoms with van der Waals surface area (Å²) in [5, 5.41) is 17.1. The lowest BCUT2D eigenvalue weighted by Crippen LogP contribution is -2.33. The standard InChI is InChI=1S/C22H25N3O6/c1-30-12-11-23-18-10-9-17(13-19(18)25(28)29)22(27)31-14-20(26)24-21(16-7-8-16)15-5-3-2-4-6-15/h2-6,9-10,13,16,21,23H,7-8,11-12,14H2,1H3,(H,24,26). The quantitative estimate of drug-likeness (QED) is 0.245. The van der Waals surface area contributed by atoms with E-state index >= 15 is 0 Å². The molecule has 9 nitrogen and oxygen atoms in total. The van der Waals surface area contributed by atoms with Crippen molar-refractivity contribution in [2.75, 3.05) is 32.2 Å². The Labute approximate surface area is 179 Å². The second kappa shape index (κ2) is 10.5. The topological polar surface area (TPSA) is 120 Å². The first-order chi connectivity index (χ1) is 15.0. The molecule has 2 aromatic rings. The highest BCUT2D eigenvalue weighted by atomic mass is 16.6. The normalized spacial score (nSPS) is 13.8. The van der Waals surface area contributed by atoms with E-state index in [0.717, 1.165) is 24.5 Å². The van der Waals surface area contributed by atoms with Crippen molar-refractivity contribution >= 4 is 23.3 Å². The Morgan fingerprint density at radius 1 is 1.19 bits per heavy atom. The summed E-state index contributed by atoms with van der Waals surface area (Å²) < 4.78 is 10.00. The van der Waals surface area contributed by atoms with Crippen LogP contribution in [0.25, 0.3) is 0 Å². The molecule has 1 unspecified atom stereocenters. The molecule has 164 valence electrons. The van der Waals surface area contributed by atoms with Crippen molar-refractivity contribution in [2.45, 2.75) is 18.9 Å². The van der Waals surface area contributed by atoms with E-state index in [-0.39, 0.29) is 23.0 Å². The predicted octanol–water partition coefficient (Wildman–Crippen LogP) is 3.08. The van der Waals surface area contributed by atoms with Crippen LogP contribution in [-0.4, -0.2) is 43.7 Å². The van der Waals surface area contributed by atoms with Gasteiger partial charge in [0.25, 0.3) is 11.6 Å². The summed E-state index contributed by atoms with van der Waals surface area (Å²) >= 11 is 0. The van der Waals surface area contributed by atoms with Crippen LogP contribution in [-0.2, 0) is 14.3 Å². The van der Waals surface area contributed by atoms with Crippen LogP contribution in [0, 0.1) is 16.0 Å². The zero-order valence-corrected chi connectivity index (χ0v) is 17.2. The smallest absolute Gasteiger partial charge is 0.338 e. The van der Waals surface area contributed by atoms with Gasteiger partial charge in [-0.05, 0) is 36.5 Å². The van der Waals surface area contributed by atoms with E-state index in [0.29, 0.717) is 19.1 Å². The number of nitro groups is 1. The van der Waals surface area contributed by atoms with Gasteiger partial charge in [-0.1, -0.05) is 30.3 Å². The van der Waals surface area contributed by atoms with Crippen molar-refractivity contribution in [1.29, 1.82) is 0 Å². The first-order valence-electron chi connectivity index (χ1n) is 10.0. The molecule has 0 saturated heterocycles. The number of hydrogen-bond donors (Lipinski definition) is 2. The third-order valence-corrected chi connectivity index (χ3v) is 4.95. The fourth-order valence-electron chi connectivity index (χ4n) is 3.24. The number of methoxy groups -OCH3 is 1. The lowest BCUT2D eigenvalue weighted by atomic mass is 10.0. The highest BCUT2D eigenvalue weighted by Gasteiger charge is 2.33. The molecule has 3 rings (SSSR count). The van der Waals surface area contributed by atoms with Crippen molar-refractivity contribution in [1.82, 2.24) is 5.32 Å². The van der Waals surface area contributed by atoms with Gasteiger partial charge in [0.1, 0.15) is 5.69 Å². The summed E-state index contributed by atoms with van der Waals surface area (Å²) in [7, 11) is 1.53. The third kappa shape index (κ3) is 6.26. The number of amides is 1. The molecule has 1 aliphatic rings. The summed E-state index contributed by atoms with van der Waals surface area (Å²) in [6.45, 7) is 0.294. The van der Waals surface area contributed by atoms with Crippen LogP contribution in [0.3, 0.4) is 0 Å². The Bertz CT molecular complexity index is 930. The second-order valence-corrected chi connectivity index (χ2v) is 7.28. The van der Waals surface area contributed by atoms with Gasteiger partial charge in [0.2, 0.25) is 0 Å². The second-order valence-electron chi connectivity index (χ2n) is 7.28. The molecule has 0 aromatic heterocycles. The summed E-state index contributed by atoms with van der Waals surface area (Å²) in [6, 6.07) is 13.5. The third-order valence-electron chi connectivity index (χ3n) is 4.95. The van der Waals surface area contributed by atoms with Crippen molar-refractivity contribution in [3.8, 4) is 0 Å². The molecule has 1 aliphatic carbocycles. The lowest BCUT2D eigenvalue weighted by Gasteiger charge is -2.18. The van der Waals surface area contributed by atoms with E-state index in [2.05, 4.69) is 10.6 Å². The minimum absolute atomic E-state index is 0.00130. The monoisotopic (exact) mass is 427 g/mol. The average molecular weight is 427 g/mol. The lowest BCUT2D eigenvalue weighted by molar-refractivity contribution is -0.384. The number of hydrogen-bond acceptors (Lipinski definition) is 7. The van der Waals surface area contributed by atoms with Gasteiger partial charge in [-0.3, -0.25) is 14.9 Å². The van der Waals surface area contributed by atoms with E-state index in [1.54, 1.807) is 0 Å². The molecule has 0 bridgehead atoms. The van der Waals surface area contributed by atoms with E-state index in [1.807, 2.05) is 30.3 Å². The van der Waals surface area contributed by atoms with Crippen molar-refractivity contribution < 1.29 is 24.0 Å². The van der Waals surface area contributed by atoms with Gasteiger partial charge in [0.05, 0.1) is 23.1 Å². The fourth-order valence-corrected chi connectivity index (χ4v) is 3.24. The molecule has 0 aliphatic heterocycles. The maximum absolute atomic E-state index is 12.4. The first kappa shape index (κ1) is 22.2. The van der Waals surface area contributed by atoms with Gasteiger partial charge >= 0.3 is 5.97 Å². The molecule has 0 spiro atoms. The van der Waals surface area contributed by atoms with Gasteiger partial charge < -0.3 is 20.1 Å². The predicted molar refractivity (Wildman–Crippen MR) is 114 cm³/mol. The molecule has 1 fully saturated rings. The minimum atomic E-state index is -0.802. The van der Waals surface area contributed by atoms with Gasteiger partial charge in [0, 0.05) is 19.7 Å². The summed E-state index contributed by atoms with van der Waals surface area (Å²) in [5.41, 5.74) is 1.02. The van der Waals surface area contributed by atoms with E-state index in [4.69, 9.17) is 9.47 Å². The minimum Gasteiger partial charge on any atom is -0.452 e. The van der Waals surface area contributed by atoms with E-state index < -0.39 is 23.4 Å². The zero-order valence-electron chi connectivity index (χ0n) is 17.2. The molecule has 1 atom stereocenters. The highest BCUT2D eigenvalue weighted by molar-refractivity contribution is 5.93. The van der Waals surface area contributed by atoms with Crippen molar-refractivity contribution in [3.63, 3.8) is 0 Å². The number of anilines is 1. The molecule has 31 heavy (non-hydrogen) atoms. The molecule has 0 heterocycles. The maximum Gasteiger partial charge on any atom is 0.338 e. The Morgan fingerprint density at radius 3 is 2.58 bits per heavy atom. The molecule has 1 saturated carbocycles. The molecule has 2 N–H and O–H groups in total. The van der Waals surface area contributed by atoms with Crippen LogP contribution in [0.15, 0.2) is 48.5 Å². The number of ether oxygens (including phenoxy) is 2. The largest absolute Gasteiger partial charge is 0.452 e. The van der Waals surface area contributed by atoms with Crippen LogP contribution < -0.4 is 10.6 Å². The molecular formula is C22H25N3O6. The Morgan fingerprint density at radius 2 is 1.94 bits per heavy atom. The van der Waals surface area contributed by atoms with Gasteiger partial charge in [0.15, 0.2) is 6.61 Å². The van der Waals surface area contributed by atoms with Crippen LogP contribution in [0.5, 0.6) is 0 Å². The number of rotatable bonds is 11. The van der Waals surface area contributed by atoms with Crippen LogP contribution >= 0.6 is 0 Å². The highest BCUT2D eigenvalue weighted by Crippen LogP contribution is 2.40. The average Bonchev–Trinajstić information content (AvgIpc) is 3.62. The van der Waals surface area contributed by atoms with E-state index in [9.17, 15) is 19.7 Å². The molecule has 1 amide bonds.